The molecule has 0 bridgehead atoms. The maximum Gasteiger partial charge on any atom is 0.268 e. The van der Waals surface area contributed by atoms with Crippen molar-refractivity contribution in [3.8, 4) is 11.5 Å². The van der Waals surface area contributed by atoms with Crippen LogP contribution in [-0.2, 0) is 17.7 Å². The summed E-state index contributed by atoms with van der Waals surface area (Å²) in [5.41, 5.74) is 3.31. The molecular weight excluding hydrogens is 384 g/mol. The molecule has 1 fully saturated rings. The molecule has 1 unspecified atom stereocenters. The van der Waals surface area contributed by atoms with E-state index in [-0.39, 0.29) is 12.0 Å². The van der Waals surface area contributed by atoms with Crippen LogP contribution in [-0.4, -0.2) is 43.9 Å². The van der Waals surface area contributed by atoms with Crippen LogP contribution in [0.4, 0.5) is 0 Å². The number of benzene rings is 1. The number of aromatic nitrogens is 1. The molecule has 0 radical (unpaired) electrons. The molecule has 1 N–H and O–H groups in total. The molecule has 0 aliphatic carbocycles. The van der Waals surface area contributed by atoms with Gasteiger partial charge in [-0.3, -0.25) is 4.79 Å². The first-order valence-electron chi connectivity index (χ1n) is 10.4. The molecule has 2 aromatic heterocycles. The molecule has 4 rings (SSSR count). The van der Waals surface area contributed by atoms with Crippen LogP contribution in [0.15, 0.2) is 41.0 Å². The number of ether oxygens (including phenoxy) is 3. The lowest BCUT2D eigenvalue weighted by molar-refractivity contribution is 0.00638. The third kappa shape index (κ3) is 4.31. The fourth-order valence-corrected chi connectivity index (χ4v) is 3.96. The van der Waals surface area contributed by atoms with E-state index in [9.17, 15) is 4.79 Å². The summed E-state index contributed by atoms with van der Waals surface area (Å²) in [6.07, 6.45) is 5.75. The van der Waals surface area contributed by atoms with E-state index in [1.807, 2.05) is 34.9 Å². The molecule has 1 amide bonds. The Balaban J connectivity index is 1.43. The number of nitrogens with one attached hydrogen (secondary N) is 1. The highest BCUT2D eigenvalue weighted by Crippen LogP contribution is 2.28. The predicted octanol–water partition coefficient (Wildman–Crippen LogP) is 3.79. The molecule has 1 atom stereocenters. The number of rotatable bonds is 8. The zero-order chi connectivity index (χ0) is 20.9. The van der Waals surface area contributed by atoms with Gasteiger partial charge in [0.15, 0.2) is 17.1 Å². The van der Waals surface area contributed by atoms with Gasteiger partial charge in [-0.1, -0.05) is 6.07 Å². The van der Waals surface area contributed by atoms with Crippen LogP contribution in [0.1, 0.15) is 35.3 Å². The number of fused-ring (bicyclic) bond motifs is 1. The lowest BCUT2D eigenvalue weighted by Crippen LogP contribution is -2.30. The lowest BCUT2D eigenvalue weighted by atomic mass is 10.1. The molecule has 3 heterocycles. The summed E-state index contributed by atoms with van der Waals surface area (Å²) in [7, 11) is 3.23. The van der Waals surface area contributed by atoms with E-state index in [1.54, 1.807) is 20.5 Å². The fourth-order valence-electron chi connectivity index (χ4n) is 3.96. The van der Waals surface area contributed by atoms with Gasteiger partial charge < -0.3 is 28.5 Å². The molecule has 0 spiro atoms. The number of nitrogens with zero attached hydrogens (tertiary/aromatic N) is 1. The second-order valence-corrected chi connectivity index (χ2v) is 7.49. The molecular formula is C23H28N2O5. The lowest BCUT2D eigenvalue weighted by Gasteiger charge is -2.24. The zero-order valence-electron chi connectivity index (χ0n) is 17.5. The fraction of sp³-hybridized carbons (Fsp3) is 0.435. The van der Waals surface area contributed by atoms with Crippen molar-refractivity contribution in [1.29, 1.82) is 0 Å². The number of furan rings is 1. The smallest absolute Gasteiger partial charge is 0.268 e. The first-order chi connectivity index (χ1) is 14.7. The number of hydrogen-bond donors (Lipinski definition) is 1. The Bertz CT molecular complexity index is 1000. The van der Waals surface area contributed by atoms with Crippen LogP contribution < -0.4 is 14.8 Å². The third-order valence-electron chi connectivity index (χ3n) is 5.56. The number of hydrogen-bond acceptors (Lipinski definition) is 5. The van der Waals surface area contributed by atoms with E-state index in [1.165, 1.54) is 0 Å². The summed E-state index contributed by atoms with van der Waals surface area (Å²) >= 11 is 0. The minimum atomic E-state index is -0.113. The molecule has 1 aliphatic heterocycles. The summed E-state index contributed by atoms with van der Waals surface area (Å²) in [5, 5.41) is 3.03. The predicted molar refractivity (Wildman–Crippen MR) is 113 cm³/mol. The van der Waals surface area contributed by atoms with Crippen LogP contribution in [0.25, 0.3) is 11.1 Å². The van der Waals surface area contributed by atoms with E-state index >= 15 is 0 Å². The van der Waals surface area contributed by atoms with Gasteiger partial charge in [0, 0.05) is 31.8 Å². The first kappa shape index (κ1) is 20.3. The second kappa shape index (κ2) is 9.26. The van der Waals surface area contributed by atoms with E-state index in [4.69, 9.17) is 18.6 Å². The first-order valence-corrected chi connectivity index (χ1v) is 10.4. The van der Waals surface area contributed by atoms with Crippen molar-refractivity contribution in [1.82, 2.24) is 9.88 Å². The van der Waals surface area contributed by atoms with Gasteiger partial charge in [-0.2, -0.15) is 0 Å². The van der Waals surface area contributed by atoms with E-state index in [2.05, 4.69) is 5.32 Å². The van der Waals surface area contributed by atoms with Crippen LogP contribution in [0.2, 0.25) is 0 Å². The zero-order valence-corrected chi connectivity index (χ0v) is 17.5. The highest BCUT2D eigenvalue weighted by atomic mass is 16.5. The minimum Gasteiger partial charge on any atom is -0.493 e. The van der Waals surface area contributed by atoms with Crippen molar-refractivity contribution in [3.05, 3.63) is 47.9 Å². The van der Waals surface area contributed by atoms with Crippen molar-refractivity contribution in [2.24, 2.45) is 0 Å². The molecule has 1 aromatic carbocycles. The van der Waals surface area contributed by atoms with Crippen molar-refractivity contribution in [2.45, 2.75) is 38.3 Å². The van der Waals surface area contributed by atoms with Gasteiger partial charge in [-0.15, -0.1) is 0 Å². The summed E-state index contributed by atoms with van der Waals surface area (Å²) in [4.78, 5) is 12.9. The van der Waals surface area contributed by atoms with Crippen LogP contribution >= 0.6 is 0 Å². The molecule has 7 heteroatoms. The summed E-state index contributed by atoms with van der Waals surface area (Å²) in [6.45, 7) is 1.95. The number of carbonyl (C=O) groups is 1. The Hall–Kier alpha value is -2.93. The maximum atomic E-state index is 12.9. The Labute approximate surface area is 175 Å². The Morgan fingerprint density at radius 2 is 2.03 bits per heavy atom. The van der Waals surface area contributed by atoms with Gasteiger partial charge in [-0.25, -0.2) is 0 Å². The van der Waals surface area contributed by atoms with E-state index in [0.717, 1.165) is 42.5 Å². The maximum absolute atomic E-state index is 12.9. The van der Waals surface area contributed by atoms with Crippen molar-refractivity contribution >= 4 is 17.0 Å². The Morgan fingerprint density at radius 1 is 1.17 bits per heavy atom. The average Bonchev–Trinajstić information content (AvgIpc) is 3.37. The van der Waals surface area contributed by atoms with Gasteiger partial charge in [0.2, 0.25) is 0 Å². The van der Waals surface area contributed by atoms with Gasteiger partial charge in [0.1, 0.15) is 5.69 Å². The van der Waals surface area contributed by atoms with Crippen LogP contribution in [0.5, 0.6) is 11.5 Å². The van der Waals surface area contributed by atoms with Crippen LogP contribution in [0.3, 0.4) is 0 Å². The van der Waals surface area contributed by atoms with Crippen molar-refractivity contribution < 1.29 is 23.4 Å². The van der Waals surface area contributed by atoms with E-state index < -0.39 is 0 Å². The number of carbonyl (C=O) groups excluding carboxylic acids is 1. The molecule has 7 nitrogen and oxygen atoms in total. The third-order valence-corrected chi connectivity index (χ3v) is 5.56. The molecule has 1 aliphatic rings. The van der Waals surface area contributed by atoms with Gasteiger partial charge in [-0.05, 0) is 43.4 Å². The van der Waals surface area contributed by atoms with Gasteiger partial charge >= 0.3 is 0 Å². The molecule has 0 saturated carbocycles. The summed E-state index contributed by atoms with van der Waals surface area (Å²) < 4.78 is 24.1. The standard InChI is InChI=1S/C23H28N2O5/c1-27-20-7-6-16(13-22(20)28-2)8-10-24-23(26)19-14-21-18(9-12-30-21)25(19)15-17-5-3-4-11-29-17/h6-7,9,12-14,17H,3-5,8,10-11,15H2,1-2H3,(H,24,26). The van der Waals surface area contributed by atoms with Crippen LogP contribution in [0, 0.1) is 0 Å². The molecule has 30 heavy (non-hydrogen) atoms. The molecule has 3 aromatic rings. The van der Waals surface area contributed by atoms with Gasteiger partial charge in [0.05, 0.1) is 32.1 Å². The Kier molecular flexibility index (Phi) is 6.28. The highest BCUT2D eigenvalue weighted by Gasteiger charge is 2.22. The topological polar surface area (TPSA) is 74.9 Å². The van der Waals surface area contributed by atoms with E-state index in [0.29, 0.717) is 36.7 Å². The largest absolute Gasteiger partial charge is 0.493 e. The summed E-state index contributed by atoms with van der Waals surface area (Å²) in [6, 6.07) is 9.49. The van der Waals surface area contributed by atoms with Crippen molar-refractivity contribution in [3.63, 3.8) is 0 Å². The second-order valence-electron chi connectivity index (χ2n) is 7.49. The van der Waals surface area contributed by atoms with Crippen molar-refractivity contribution in [2.75, 3.05) is 27.4 Å². The van der Waals surface area contributed by atoms with Gasteiger partial charge in [0.25, 0.3) is 5.91 Å². The monoisotopic (exact) mass is 412 g/mol. The minimum absolute atomic E-state index is 0.113. The Morgan fingerprint density at radius 3 is 2.80 bits per heavy atom. The molecule has 1 saturated heterocycles. The summed E-state index contributed by atoms with van der Waals surface area (Å²) in [5.74, 6) is 1.26. The number of methoxy groups -OCH3 is 2. The average molecular weight is 412 g/mol. The highest BCUT2D eigenvalue weighted by molar-refractivity contribution is 5.97. The number of amides is 1. The quantitative estimate of drug-likeness (QED) is 0.609. The SMILES string of the molecule is COc1ccc(CCNC(=O)c2cc3occc3n2CC2CCCCO2)cc1OC. The molecule has 160 valence electrons. The normalized spacial score (nSPS) is 16.5.